The highest BCUT2D eigenvalue weighted by molar-refractivity contribution is 7.47. The molecule has 3 atom stereocenters. The number of unbranched alkanes of at least 4 members (excludes halogenated alkanes) is 13. The highest BCUT2D eigenvalue weighted by atomic mass is 31.2. The van der Waals surface area contributed by atoms with E-state index in [1.54, 1.807) is 0 Å². The van der Waals surface area contributed by atoms with Gasteiger partial charge >= 0.3 is 25.7 Å². The second-order valence-electron chi connectivity index (χ2n) is 13.5. The molecule has 0 bridgehead atoms. The highest BCUT2D eigenvalue weighted by Crippen LogP contribution is 2.43. The van der Waals surface area contributed by atoms with Crippen LogP contribution in [0.4, 0.5) is 0 Å². The summed E-state index contributed by atoms with van der Waals surface area (Å²) in [6.45, 7) is 0.705. The summed E-state index contributed by atoms with van der Waals surface area (Å²) in [6, 6.07) is -1.54. The van der Waals surface area contributed by atoms with Crippen LogP contribution in [0.1, 0.15) is 148 Å². The molecule has 0 aliphatic carbocycles. The van der Waals surface area contributed by atoms with Gasteiger partial charge in [0.05, 0.1) is 13.2 Å². The summed E-state index contributed by atoms with van der Waals surface area (Å²) < 4.78 is 32.5. The first-order chi connectivity index (χ1) is 26.6. The molecule has 13 heteroatoms. The second kappa shape index (κ2) is 38.0. The average Bonchev–Trinajstić information content (AvgIpc) is 3.16. The van der Waals surface area contributed by atoms with Crippen LogP contribution in [-0.4, -0.2) is 71.6 Å². The predicted molar refractivity (Wildman–Crippen MR) is 218 cm³/mol. The Morgan fingerprint density at radius 2 is 1.05 bits per heavy atom. The average molecular weight is 798 g/mol. The standard InChI is InChI=1S/C42H72NO11P/c1-2-3-4-5-6-7-8-14-17-20-23-26-29-32-40(45)51-35-38(36-52-55(49,50)53-37-39(43)42(47)48)54-41(46)33-30-27-24-21-18-15-12-10-9-11-13-16-19-22-25-28-31-34-44/h7-9,11-12,15-16,19,21,24,38-39,44H,2-6,10,13-14,17-18,20,22-23,25-37,43H2,1H3,(H,47,48)(H,49,50)/b8-7-,11-9-,15-12-,19-16-,24-21-/t38-,39+/m1/s1. The van der Waals surface area contributed by atoms with Crippen molar-refractivity contribution < 1.29 is 52.6 Å². The second-order valence-corrected chi connectivity index (χ2v) is 14.9. The van der Waals surface area contributed by atoms with E-state index in [9.17, 15) is 23.8 Å². The molecule has 0 aromatic heterocycles. The van der Waals surface area contributed by atoms with E-state index in [0.29, 0.717) is 19.3 Å². The van der Waals surface area contributed by atoms with Crippen molar-refractivity contribution in [2.75, 3.05) is 26.4 Å². The van der Waals surface area contributed by atoms with Gasteiger partial charge in [0, 0.05) is 19.4 Å². The lowest BCUT2D eigenvalue weighted by atomic mass is 10.1. The number of carboxylic acids is 1. The van der Waals surface area contributed by atoms with E-state index in [1.807, 2.05) is 12.2 Å². The summed E-state index contributed by atoms with van der Waals surface area (Å²) in [5, 5.41) is 17.7. The Hall–Kier alpha value is -2.86. The molecule has 0 rings (SSSR count). The van der Waals surface area contributed by atoms with E-state index in [1.165, 1.54) is 25.7 Å². The van der Waals surface area contributed by atoms with Crippen molar-refractivity contribution in [3.8, 4) is 0 Å². The van der Waals surface area contributed by atoms with Gasteiger partial charge in [-0.1, -0.05) is 113 Å². The highest BCUT2D eigenvalue weighted by Gasteiger charge is 2.28. The maximum Gasteiger partial charge on any atom is 0.472 e. The molecule has 0 saturated carbocycles. The van der Waals surface area contributed by atoms with Gasteiger partial charge in [0.1, 0.15) is 12.6 Å². The number of carboxylic acid groups (broad SMARTS) is 1. The molecule has 0 heterocycles. The molecule has 0 spiro atoms. The third-order valence-electron chi connectivity index (χ3n) is 8.29. The molecule has 316 valence electrons. The van der Waals surface area contributed by atoms with Crippen molar-refractivity contribution >= 4 is 25.7 Å². The maximum absolute atomic E-state index is 12.6. The molecule has 55 heavy (non-hydrogen) atoms. The van der Waals surface area contributed by atoms with Crippen molar-refractivity contribution in [1.29, 1.82) is 0 Å². The summed E-state index contributed by atoms with van der Waals surface area (Å²) in [5.74, 6) is -2.49. The number of esters is 2. The topological polar surface area (TPSA) is 192 Å². The van der Waals surface area contributed by atoms with Crippen LogP contribution in [0.3, 0.4) is 0 Å². The number of ether oxygens (including phenoxy) is 2. The first kappa shape index (κ1) is 52.1. The number of hydrogen-bond acceptors (Lipinski definition) is 10. The summed E-state index contributed by atoms with van der Waals surface area (Å²) in [4.78, 5) is 45.8. The molecule has 0 aromatic rings. The molecule has 12 nitrogen and oxygen atoms in total. The summed E-state index contributed by atoms with van der Waals surface area (Å²) in [7, 11) is -4.74. The molecule has 0 saturated heterocycles. The fraction of sp³-hybridized carbons (Fsp3) is 0.690. The molecular weight excluding hydrogens is 725 g/mol. The first-order valence-corrected chi connectivity index (χ1v) is 21.9. The van der Waals surface area contributed by atoms with Gasteiger partial charge in [-0.2, -0.15) is 0 Å². The van der Waals surface area contributed by atoms with Crippen molar-refractivity contribution in [3.05, 3.63) is 60.8 Å². The number of hydrogen-bond donors (Lipinski definition) is 4. The number of phosphoric ester groups is 1. The lowest BCUT2D eigenvalue weighted by Gasteiger charge is -2.20. The number of carbonyl (C=O) groups is 3. The number of phosphoric acid groups is 1. The minimum atomic E-state index is -4.74. The Morgan fingerprint density at radius 3 is 1.62 bits per heavy atom. The zero-order valence-electron chi connectivity index (χ0n) is 33.4. The fourth-order valence-electron chi connectivity index (χ4n) is 5.03. The number of aliphatic hydroxyl groups is 1. The molecule has 0 amide bonds. The molecular formula is C42H72NO11P. The number of aliphatic hydroxyl groups excluding tert-OH is 1. The van der Waals surface area contributed by atoms with E-state index in [2.05, 4.69) is 60.1 Å². The molecule has 0 aromatic carbocycles. The maximum atomic E-state index is 12.6. The van der Waals surface area contributed by atoms with E-state index in [-0.39, 0.29) is 26.1 Å². The third-order valence-corrected chi connectivity index (χ3v) is 9.24. The molecule has 1 unspecified atom stereocenters. The van der Waals surface area contributed by atoms with Gasteiger partial charge in [-0.15, -0.1) is 0 Å². The zero-order chi connectivity index (χ0) is 40.7. The summed E-state index contributed by atoms with van der Waals surface area (Å²) in [6.07, 6.45) is 40.2. The molecule has 0 aliphatic heterocycles. The van der Waals surface area contributed by atoms with Gasteiger partial charge in [0.2, 0.25) is 0 Å². The Labute approximate surface area is 330 Å². The van der Waals surface area contributed by atoms with E-state index in [4.69, 9.17) is 29.9 Å². The first-order valence-electron chi connectivity index (χ1n) is 20.4. The lowest BCUT2D eigenvalue weighted by molar-refractivity contribution is -0.161. The monoisotopic (exact) mass is 797 g/mol. The van der Waals surface area contributed by atoms with Gasteiger partial charge < -0.3 is 30.3 Å². The largest absolute Gasteiger partial charge is 0.480 e. The normalized spacial score (nSPS) is 14.4. The lowest BCUT2D eigenvalue weighted by Crippen LogP contribution is -2.34. The van der Waals surface area contributed by atoms with Crippen LogP contribution < -0.4 is 5.73 Å². The van der Waals surface area contributed by atoms with E-state index < -0.39 is 51.1 Å². The molecule has 0 radical (unpaired) electrons. The van der Waals surface area contributed by atoms with Crippen LogP contribution in [0.25, 0.3) is 0 Å². The van der Waals surface area contributed by atoms with E-state index >= 15 is 0 Å². The van der Waals surface area contributed by atoms with Crippen LogP contribution in [0.2, 0.25) is 0 Å². The van der Waals surface area contributed by atoms with Gasteiger partial charge in [0.25, 0.3) is 0 Å². The third kappa shape index (κ3) is 37.8. The summed E-state index contributed by atoms with van der Waals surface area (Å²) >= 11 is 0. The number of nitrogens with two attached hydrogens (primary N) is 1. The molecule has 5 N–H and O–H groups in total. The Balaban J connectivity index is 4.52. The van der Waals surface area contributed by atoms with Gasteiger partial charge in [-0.25, -0.2) is 4.57 Å². The number of aliphatic carboxylic acids is 1. The van der Waals surface area contributed by atoms with Gasteiger partial charge in [-0.3, -0.25) is 23.4 Å². The quantitative estimate of drug-likeness (QED) is 0.0201. The predicted octanol–water partition coefficient (Wildman–Crippen LogP) is 9.36. The summed E-state index contributed by atoms with van der Waals surface area (Å²) in [5.41, 5.74) is 5.32. The smallest absolute Gasteiger partial charge is 0.472 e. The van der Waals surface area contributed by atoms with Crippen molar-refractivity contribution in [3.63, 3.8) is 0 Å². The number of rotatable bonds is 38. The fourth-order valence-corrected chi connectivity index (χ4v) is 5.81. The van der Waals surface area contributed by atoms with Crippen molar-refractivity contribution in [1.82, 2.24) is 0 Å². The molecule has 0 aliphatic rings. The van der Waals surface area contributed by atoms with E-state index in [0.717, 1.165) is 83.5 Å². The van der Waals surface area contributed by atoms with Crippen molar-refractivity contribution in [2.45, 2.75) is 160 Å². The number of carbonyl (C=O) groups excluding carboxylic acids is 2. The van der Waals surface area contributed by atoms with Crippen molar-refractivity contribution in [2.24, 2.45) is 5.73 Å². The Kier molecular flexibility index (Phi) is 36.1. The van der Waals surface area contributed by atoms with Gasteiger partial charge in [-0.05, 0) is 83.5 Å². The SMILES string of the molecule is CCCCCC/C=C\CCCCCCCC(=O)OC[C@H](COP(=O)(O)OC[C@H](N)C(=O)O)OC(=O)CCC/C=C\C/C=C\C/C=C\C/C=C\CCCCCO. The van der Waals surface area contributed by atoms with Crippen LogP contribution in [0.5, 0.6) is 0 Å². The number of allylic oxidation sites excluding steroid dienone is 10. The minimum absolute atomic E-state index is 0.0715. The van der Waals surface area contributed by atoms with Crippen LogP contribution >= 0.6 is 7.82 Å². The van der Waals surface area contributed by atoms with Crippen LogP contribution in [0, 0.1) is 0 Å². The van der Waals surface area contributed by atoms with Gasteiger partial charge in [0.15, 0.2) is 6.10 Å². The van der Waals surface area contributed by atoms with Crippen LogP contribution in [-0.2, 0) is 37.5 Å². The molecule has 0 fully saturated rings. The Bertz CT molecular complexity index is 1170. The minimum Gasteiger partial charge on any atom is -0.480 e. The van der Waals surface area contributed by atoms with Crippen LogP contribution in [0.15, 0.2) is 60.8 Å². The Morgan fingerprint density at radius 1 is 0.600 bits per heavy atom. The zero-order valence-corrected chi connectivity index (χ0v) is 34.3.